The molecule has 3 rings (SSSR count). The Morgan fingerprint density at radius 3 is 2.45 bits per heavy atom. The maximum atomic E-state index is 12.1. The van der Waals surface area contributed by atoms with Gasteiger partial charge in [0.1, 0.15) is 17.1 Å². The number of fused-ring (bicyclic) bond motifs is 1. The molecule has 1 heterocycles. The molecule has 0 amide bonds. The van der Waals surface area contributed by atoms with Crippen LogP contribution >= 0.6 is 0 Å². The van der Waals surface area contributed by atoms with E-state index < -0.39 is 5.97 Å². The van der Waals surface area contributed by atoms with Crippen LogP contribution in [0.15, 0.2) is 52.9 Å². The van der Waals surface area contributed by atoms with Gasteiger partial charge < -0.3 is 9.15 Å². The molecule has 0 bridgehead atoms. The topological polar surface area (TPSA) is 56.5 Å². The van der Waals surface area contributed by atoms with Gasteiger partial charge in [0.05, 0.1) is 11.1 Å². The molecule has 4 nitrogen and oxygen atoms in total. The summed E-state index contributed by atoms with van der Waals surface area (Å²) in [6.45, 7) is 3.23. The number of carbonyl (C=O) groups excluding carboxylic acids is 2. The standard InChI is InChI=1S/C18H14O4/c1-11(19)17-12(2)21-16-9-8-14(10-15(16)17)22-18(20)13-6-4-3-5-7-13/h3-10H,1-2H3. The molecule has 110 valence electrons. The summed E-state index contributed by atoms with van der Waals surface area (Å²) in [4.78, 5) is 23.8. The molecule has 0 saturated heterocycles. The summed E-state index contributed by atoms with van der Waals surface area (Å²) in [5, 5.41) is 0.656. The normalized spacial score (nSPS) is 10.6. The zero-order valence-corrected chi connectivity index (χ0v) is 12.3. The summed E-state index contributed by atoms with van der Waals surface area (Å²) < 4.78 is 10.9. The van der Waals surface area contributed by atoms with Gasteiger partial charge in [-0.05, 0) is 44.2 Å². The van der Waals surface area contributed by atoms with Crippen LogP contribution in [-0.4, -0.2) is 11.8 Å². The molecule has 0 saturated carbocycles. The minimum absolute atomic E-state index is 0.0808. The third kappa shape index (κ3) is 2.51. The van der Waals surface area contributed by atoms with Crippen molar-refractivity contribution in [1.82, 2.24) is 0 Å². The molecule has 4 heteroatoms. The van der Waals surface area contributed by atoms with Gasteiger partial charge in [0.15, 0.2) is 5.78 Å². The highest BCUT2D eigenvalue weighted by atomic mass is 16.5. The summed E-state index contributed by atoms with van der Waals surface area (Å²) in [6.07, 6.45) is 0. The summed E-state index contributed by atoms with van der Waals surface area (Å²) in [6, 6.07) is 13.7. The lowest BCUT2D eigenvalue weighted by Gasteiger charge is -2.04. The Bertz CT molecular complexity index is 859. The van der Waals surface area contributed by atoms with E-state index in [-0.39, 0.29) is 5.78 Å². The monoisotopic (exact) mass is 294 g/mol. The third-order valence-electron chi connectivity index (χ3n) is 3.41. The predicted octanol–water partition coefficient (Wildman–Crippen LogP) is 4.16. The van der Waals surface area contributed by atoms with E-state index in [0.29, 0.717) is 33.6 Å². The number of rotatable bonds is 3. The number of esters is 1. The lowest BCUT2D eigenvalue weighted by molar-refractivity contribution is 0.0735. The first-order valence-corrected chi connectivity index (χ1v) is 6.87. The van der Waals surface area contributed by atoms with Crippen molar-refractivity contribution in [3.8, 4) is 5.75 Å². The molecule has 2 aromatic carbocycles. The van der Waals surface area contributed by atoms with Crippen LogP contribution in [0.4, 0.5) is 0 Å². The largest absolute Gasteiger partial charge is 0.461 e. The second-order valence-corrected chi connectivity index (χ2v) is 5.00. The van der Waals surface area contributed by atoms with Gasteiger partial charge in [-0.1, -0.05) is 18.2 Å². The number of benzene rings is 2. The minimum Gasteiger partial charge on any atom is -0.461 e. The molecular weight excluding hydrogens is 280 g/mol. The van der Waals surface area contributed by atoms with Gasteiger partial charge >= 0.3 is 5.97 Å². The fourth-order valence-corrected chi connectivity index (χ4v) is 2.44. The molecule has 3 aromatic rings. The molecule has 0 atom stereocenters. The fraction of sp³-hybridized carbons (Fsp3) is 0.111. The van der Waals surface area contributed by atoms with Gasteiger partial charge in [0.25, 0.3) is 0 Å². The van der Waals surface area contributed by atoms with Crippen LogP contribution in [0.1, 0.15) is 33.4 Å². The highest BCUT2D eigenvalue weighted by Gasteiger charge is 2.16. The molecule has 1 aromatic heterocycles. The van der Waals surface area contributed by atoms with Gasteiger partial charge in [-0.3, -0.25) is 4.79 Å². The number of furan rings is 1. The van der Waals surface area contributed by atoms with E-state index in [1.807, 2.05) is 6.07 Å². The fourth-order valence-electron chi connectivity index (χ4n) is 2.44. The van der Waals surface area contributed by atoms with Gasteiger partial charge in [-0.15, -0.1) is 0 Å². The number of ketones is 1. The first-order valence-electron chi connectivity index (χ1n) is 6.87. The van der Waals surface area contributed by atoms with Crippen molar-refractivity contribution in [2.45, 2.75) is 13.8 Å². The molecule has 0 aliphatic carbocycles. The number of hydrogen-bond acceptors (Lipinski definition) is 4. The van der Waals surface area contributed by atoms with E-state index in [4.69, 9.17) is 9.15 Å². The minimum atomic E-state index is -0.440. The SMILES string of the molecule is CC(=O)c1c(C)oc2ccc(OC(=O)c3ccccc3)cc12. The van der Waals surface area contributed by atoms with Crippen molar-refractivity contribution >= 4 is 22.7 Å². The Morgan fingerprint density at radius 1 is 1.05 bits per heavy atom. The average molecular weight is 294 g/mol. The Labute approximate surface area is 127 Å². The molecule has 0 spiro atoms. The molecular formula is C18H14O4. The average Bonchev–Trinajstić information content (AvgIpc) is 2.83. The van der Waals surface area contributed by atoms with Crippen molar-refractivity contribution in [1.29, 1.82) is 0 Å². The zero-order valence-electron chi connectivity index (χ0n) is 12.3. The van der Waals surface area contributed by atoms with Crippen LogP contribution in [-0.2, 0) is 0 Å². The number of Topliss-reactive ketones (excluding diaryl/α,β-unsaturated/α-hetero) is 1. The molecule has 0 radical (unpaired) electrons. The third-order valence-corrected chi connectivity index (χ3v) is 3.41. The van der Waals surface area contributed by atoms with Gasteiger partial charge in [0.2, 0.25) is 0 Å². The number of ether oxygens (including phenoxy) is 1. The van der Waals surface area contributed by atoms with Crippen LogP contribution in [0.5, 0.6) is 5.75 Å². The van der Waals surface area contributed by atoms with Crippen LogP contribution in [0, 0.1) is 6.92 Å². The van der Waals surface area contributed by atoms with Crippen LogP contribution in [0.25, 0.3) is 11.0 Å². The molecule has 0 N–H and O–H groups in total. The Morgan fingerprint density at radius 2 is 1.77 bits per heavy atom. The zero-order chi connectivity index (χ0) is 15.7. The molecule has 0 unspecified atom stereocenters. The molecule has 0 aliphatic heterocycles. The summed E-state index contributed by atoms with van der Waals surface area (Å²) >= 11 is 0. The summed E-state index contributed by atoms with van der Waals surface area (Å²) in [5.41, 5.74) is 1.59. The van der Waals surface area contributed by atoms with Crippen molar-refractivity contribution < 1.29 is 18.7 Å². The van der Waals surface area contributed by atoms with Crippen molar-refractivity contribution in [3.63, 3.8) is 0 Å². The smallest absolute Gasteiger partial charge is 0.343 e. The van der Waals surface area contributed by atoms with E-state index >= 15 is 0 Å². The Kier molecular flexibility index (Phi) is 3.51. The highest BCUT2D eigenvalue weighted by Crippen LogP contribution is 2.29. The summed E-state index contributed by atoms with van der Waals surface area (Å²) in [7, 11) is 0. The Hall–Kier alpha value is -2.88. The lowest BCUT2D eigenvalue weighted by Crippen LogP contribution is -2.08. The first kappa shape index (κ1) is 14.1. The second kappa shape index (κ2) is 5.48. The van der Waals surface area contributed by atoms with E-state index in [1.54, 1.807) is 49.4 Å². The Balaban J connectivity index is 1.97. The lowest BCUT2D eigenvalue weighted by atomic mass is 10.1. The van der Waals surface area contributed by atoms with Crippen molar-refractivity contribution in [3.05, 3.63) is 65.4 Å². The predicted molar refractivity (Wildman–Crippen MR) is 82.4 cm³/mol. The number of aryl methyl sites for hydroxylation is 1. The quantitative estimate of drug-likeness (QED) is 0.413. The van der Waals surface area contributed by atoms with Gasteiger partial charge in [-0.2, -0.15) is 0 Å². The van der Waals surface area contributed by atoms with Crippen LogP contribution < -0.4 is 4.74 Å². The van der Waals surface area contributed by atoms with Crippen LogP contribution in [0.3, 0.4) is 0 Å². The van der Waals surface area contributed by atoms with E-state index in [2.05, 4.69) is 0 Å². The maximum absolute atomic E-state index is 12.1. The van der Waals surface area contributed by atoms with E-state index in [1.165, 1.54) is 6.92 Å². The second-order valence-electron chi connectivity index (χ2n) is 5.00. The molecule has 0 aliphatic rings. The number of carbonyl (C=O) groups is 2. The van der Waals surface area contributed by atoms with Gasteiger partial charge in [-0.25, -0.2) is 4.79 Å². The molecule has 22 heavy (non-hydrogen) atoms. The van der Waals surface area contributed by atoms with E-state index in [0.717, 1.165) is 0 Å². The first-order chi connectivity index (χ1) is 10.6. The maximum Gasteiger partial charge on any atom is 0.343 e. The van der Waals surface area contributed by atoms with E-state index in [9.17, 15) is 9.59 Å². The highest BCUT2D eigenvalue weighted by molar-refractivity contribution is 6.07. The molecule has 0 fully saturated rings. The van der Waals surface area contributed by atoms with Gasteiger partial charge in [0, 0.05) is 5.39 Å². The van der Waals surface area contributed by atoms with Crippen molar-refractivity contribution in [2.24, 2.45) is 0 Å². The van der Waals surface area contributed by atoms with Crippen LogP contribution in [0.2, 0.25) is 0 Å². The van der Waals surface area contributed by atoms with Crippen molar-refractivity contribution in [2.75, 3.05) is 0 Å². The number of hydrogen-bond donors (Lipinski definition) is 0. The summed E-state index contributed by atoms with van der Waals surface area (Å²) in [5.74, 6) is 0.422.